The number of carbonyl (C=O) groups is 1. The van der Waals surface area contributed by atoms with E-state index in [1.807, 2.05) is 0 Å². The molecule has 1 amide bonds. The molecule has 0 atom stereocenters. The van der Waals surface area contributed by atoms with Gasteiger partial charge in [0.15, 0.2) is 5.84 Å². The summed E-state index contributed by atoms with van der Waals surface area (Å²) < 4.78 is 5.02. The highest BCUT2D eigenvalue weighted by Crippen LogP contribution is 2.05. The van der Waals surface area contributed by atoms with Crippen molar-refractivity contribution in [2.24, 2.45) is 5.10 Å². The Balaban J connectivity index is 2.21. The Bertz CT molecular complexity index is 245. The molecule has 1 rings (SSSR count). The highest BCUT2D eigenvalue weighted by Gasteiger charge is 2.16. The summed E-state index contributed by atoms with van der Waals surface area (Å²) in [5, 5.41) is 6.32. The summed E-state index contributed by atoms with van der Waals surface area (Å²) in [6.07, 6.45) is -0.464. The van der Waals surface area contributed by atoms with E-state index in [1.54, 1.807) is 20.8 Å². The molecule has 0 aromatic rings. The number of hydrogen-bond acceptors (Lipinski definition) is 6. The summed E-state index contributed by atoms with van der Waals surface area (Å²) in [5.74, 6) is 0.593. The smallest absolute Gasteiger partial charge is 0.408 e. The Morgan fingerprint density at radius 1 is 1.57 bits per heavy atom. The van der Waals surface area contributed by atoms with Crippen molar-refractivity contribution < 1.29 is 9.53 Å². The van der Waals surface area contributed by atoms with Crippen LogP contribution in [-0.2, 0) is 4.74 Å². The standard InChI is InChI=1S/C7H15N5O2/c1-7(2,3)14-6(13)8-4-5-9-11-12-10-5/h11-12H,4H2,1-3H3,(H,8,13)(H,9,10). The first-order valence-electron chi connectivity index (χ1n) is 4.27. The number of hydrogen-bond donors (Lipinski definition) is 4. The monoisotopic (exact) mass is 201 g/mol. The fourth-order valence-corrected chi connectivity index (χ4v) is 0.777. The van der Waals surface area contributed by atoms with Crippen LogP contribution in [0, 0.1) is 0 Å². The second-order valence-electron chi connectivity index (χ2n) is 3.78. The van der Waals surface area contributed by atoms with E-state index in [0.29, 0.717) is 5.84 Å². The number of alkyl carbamates (subject to hydrolysis) is 1. The highest BCUT2D eigenvalue weighted by atomic mass is 16.6. The number of amidine groups is 1. The molecule has 14 heavy (non-hydrogen) atoms. The first kappa shape index (κ1) is 10.6. The SMILES string of the molecule is CC(C)(C)OC(=O)NCC1=NNNN1. The van der Waals surface area contributed by atoms with Crippen molar-refractivity contribution in [1.29, 1.82) is 0 Å². The molecule has 4 N–H and O–H groups in total. The Kier molecular flexibility index (Phi) is 3.13. The van der Waals surface area contributed by atoms with Crippen LogP contribution in [0.2, 0.25) is 0 Å². The van der Waals surface area contributed by atoms with Crippen molar-refractivity contribution in [2.45, 2.75) is 26.4 Å². The van der Waals surface area contributed by atoms with Crippen LogP contribution in [0.5, 0.6) is 0 Å². The van der Waals surface area contributed by atoms with Crippen molar-refractivity contribution in [3.63, 3.8) is 0 Å². The van der Waals surface area contributed by atoms with Gasteiger partial charge in [0.2, 0.25) is 0 Å². The molecule has 1 aliphatic heterocycles. The molecular formula is C7H15N5O2. The van der Waals surface area contributed by atoms with Gasteiger partial charge in [-0.1, -0.05) is 0 Å². The molecule has 0 fully saturated rings. The Morgan fingerprint density at radius 3 is 2.79 bits per heavy atom. The minimum atomic E-state index is -0.481. The normalized spacial score (nSPS) is 15.2. The number of amides is 1. The summed E-state index contributed by atoms with van der Waals surface area (Å²) >= 11 is 0. The second-order valence-corrected chi connectivity index (χ2v) is 3.78. The van der Waals surface area contributed by atoms with Crippen molar-refractivity contribution >= 4 is 11.9 Å². The van der Waals surface area contributed by atoms with Crippen molar-refractivity contribution in [2.75, 3.05) is 6.54 Å². The molecule has 0 aromatic carbocycles. The molecule has 7 heteroatoms. The van der Waals surface area contributed by atoms with Crippen LogP contribution >= 0.6 is 0 Å². The minimum absolute atomic E-state index is 0.287. The van der Waals surface area contributed by atoms with Gasteiger partial charge >= 0.3 is 6.09 Å². The fourth-order valence-electron chi connectivity index (χ4n) is 0.777. The van der Waals surface area contributed by atoms with E-state index in [0.717, 1.165) is 0 Å². The van der Waals surface area contributed by atoms with Gasteiger partial charge in [0.1, 0.15) is 5.60 Å². The molecule has 80 valence electrons. The van der Waals surface area contributed by atoms with Crippen LogP contribution < -0.4 is 21.8 Å². The van der Waals surface area contributed by atoms with E-state index < -0.39 is 11.7 Å². The Morgan fingerprint density at radius 2 is 2.29 bits per heavy atom. The molecule has 0 aliphatic carbocycles. The van der Waals surface area contributed by atoms with E-state index in [9.17, 15) is 4.79 Å². The van der Waals surface area contributed by atoms with Crippen molar-refractivity contribution in [1.82, 2.24) is 21.8 Å². The lowest BCUT2D eigenvalue weighted by Crippen LogP contribution is -2.42. The summed E-state index contributed by atoms with van der Waals surface area (Å²) in [4.78, 5) is 11.2. The van der Waals surface area contributed by atoms with Crippen LogP contribution in [0.3, 0.4) is 0 Å². The maximum Gasteiger partial charge on any atom is 0.408 e. The van der Waals surface area contributed by atoms with Gasteiger partial charge in [-0.25, -0.2) is 10.3 Å². The maximum atomic E-state index is 11.2. The number of carbonyl (C=O) groups excluding carboxylic acids is 1. The zero-order chi connectivity index (χ0) is 10.6. The molecule has 0 unspecified atom stereocenters. The molecule has 0 bridgehead atoms. The molecule has 1 heterocycles. The third kappa shape index (κ3) is 3.94. The van der Waals surface area contributed by atoms with Crippen LogP contribution in [0.15, 0.2) is 5.10 Å². The third-order valence-electron chi connectivity index (χ3n) is 1.25. The maximum absolute atomic E-state index is 11.2. The van der Waals surface area contributed by atoms with Gasteiger partial charge in [-0.05, 0) is 20.8 Å². The summed E-state index contributed by atoms with van der Waals surface area (Å²) in [6, 6.07) is 0. The lowest BCUT2D eigenvalue weighted by atomic mass is 10.2. The predicted molar refractivity (Wildman–Crippen MR) is 51.1 cm³/mol. The van der Waals surface area contributed by atoms with E-state index in [2.05, 4.69) is 26.9 Å². The van der Waals surface area contributed by atoms with Gasteiger partial charge in [-0.3, -0.25) is 5.43 Å². The number of rotatable bonds is 2. The van der Waals surface area contributed by atoms with E-state index >= 15 is 0 Å². The van der Waals surface area contributed by atoms with Gasteiger partial charge in [0.25, 0.3) is 0 Å². The Labute approximate surface area is 82.2 Å². The first-order valence-corrected chi connectivity index (χ1v) is 4.27. The van der Waals surface area contributed by atoms with Gasteiger partial charge in [0.05, 0.1) is 6.54 Å². The number of nitrogens with zero attached hydrogens (tertiary/aromatic N) is 1. The zero-order valence-corrected chi connectivity index (χ0v) is 8.47. The van der Waals surface area contributed by atoms with Gasteiger partial charge in [-0.2, -0.15) is 0 Å². The fraction of sp³-hybridized carbons (Fsp3) is 0.714. The largest absolute Gasteiger partial charge is 0.444 e. The quantitative estimate of drug-likeness (QED) is 0.481. The molecule has 0 saturated heterocycles. The summed E-state index contributed by atoms with van der Waals surface area (Å²) in [5.41, 5.74) is 7.24. The summed E-state index contributed by atoms with van der Waals surface area (Å²) in [6.45, 7) is 5.71. The molecule has 1 aliphatic rings. The molecule has 7 nitrogen and oxygen atoms in total. The molecular weight excluding hydrogens is 186 g/mol. The lowest BCUT2D eigenvalue weighted by molar-refractivity contribution is 0.0535. The van der Waals surface area contributed by atoms with Gasteiger partial charge < -0.3 is 10.1 Å². The topological polar surface area (TPSA) is 86.8 Å². The van der Waals surface area contributed by atoms with Crippen LogP contribution in [-0.4, -0.2) is 24.1 Å². The molecule has 0 spiro atoms. The highest BCUT2D eigenvalue weighted by molar-refractivity contribution is 5.87. The predicted octanol–water partition coefficient (Wildman–Crippen LogP) is -0.563. The van der Waals surface area contributed by atoms with Crippen molar-refractivity contribution in [3.05, 3.63) is 0 Å². The van der Waals surface area contributed by atoms with E-state index in [4.69, 9.17) is 4.74 Å². The van der Waals surface area contributed by atoms with E-state index in [-0.39, 0.29) is 6.54 Å². The first-order chi connectivity index (χ1) is 6.47. The average molecular weight is 201 g/mol. The lowest BCUT2D eigenvalue weighted by Gasteiger charge is -2.19. The Hall–Kier alpha value is -1.50. The van der Waals surface area contributed by atoms with E-state index in [1.165, 1.54) is 0 Å². The zero-order valence-electron chi connectivity index (χ0n) is 8.47. The molecule has 0 aromatic heterocycles. The number of hydrazone groups is 1. The van der Waals surface area contributed by atoms with Gasteiger partial charge in [-0.15, -0.1) is 10.6 Å². The van der Waals surface area contributed by atoms with Crippen molar-refractivity contribution in [3.8, 4) is 0 Å². The average Bonchev–Trinajstić information content (AvgIpc) is 2.49. The third-order valence-corrected chi connectivity index (χ3v) is 1.25. The van der Waals surface area contributed by atoms with Gasteiger partial charge in [0, 0.05) is 0 Å². The van der Waals surface area contributed by atoms with Crippen LogP contribution in [0.25, 0.3) is 0 Å². The number of hydrazine groups is 2. The second kappa shape index (κ2) is 4.14. The summed E-state index contributed by atoms with van der Waals surface area (Å²) in [7, 11) is 0. The number of nitrogens with one attached hydrogen (secondary N) is 4. The van der Waals surface area contributed by atoms with Crippen LogP contribution in [0.4, 0.5) is 4.79 Å². The molecule has 0 radical (unpaired) electrons. The molecule has 0 saturated carbocycles. The number of ether oxygens (including phenoxy) is 1. The minimum Gasteiger partial charge on any atom is -0.444 e. The van der Waals surface area contributed by atoms with Crippen LogP contribution in [0.1, 0.15) is 20.8 Å².